The van der Waals surface area contributed by atoms with Crippen LogP contribution < -0.4 is 0 Å². The molecule has 1 N–H and O–H groups in total. The summed E-state index contributed by atoms with van der Waals surface area (Å²) in [6.07, 6.45) is 8.95. The van der Waals surface area contributed by atoms with Crippen LogP contribution in [0, 0.1) is 10.8 Å². The normalized spacial score (nSPS) is 24.8. The van der Waals surface area contributed by atoms with Crippen molar-refractivity contribution in [2.75, 3.05) is 0 Å². The van der Waals surface area contributed by atoms with Gasteiger partial charge in [-0.1, -0.05) is 27.7 Å². The molecule has 0 aromatic carbocycles. The highest BCUT2D eigenvalue weighted by Gasteiger charge is 2.34. The fourth-order valence-electron chi connectivity index (χ4n) is 4.16. The molecule has 1 nitrogen and oxygen atoms in total. The fourth-order valence-corrected chi connectivity index (χ4v) is 5.67. The van der Waals surface area contributed by atoms with Crippen molar-refractivity contribution in [2.24, 2.45) is 10.8 Å². The van der Waals surface area contributed by atoms with Crippen LogP contribution in [0.5, 0.6) is 0 Å². The van der Waals surface area contributed by atoms with Crippen LogP contribution in [0.4, 0.5) is 0 Å². The number of hydrogen-bond acceptors (Lipinski definition) is 2. The van der Waals surface area contributed by atoms with Gasteiger partial charge in [0.05, 0.1) is 6.61 Å². The van der Waals surface area contributed by atoms with E-state index < -0.39 is 0 Å². The number of thiophene rings is 1. The Labute approximate surface area is 133 Å². The molecule has 0 spiro atoms. The molecule has 1 aromatic heterocycles. The fraction of sp³-hybridized carbons (Fsp3) is 0.789. The van der Waals surface area contributed by atoms with Gasteiger partial charge in [0.1, 0.15) is 0 Å². The Morgan fingerprint density at radius 2 is 1.71 bits per heavy atom. The van der Waals surface area contributed by atoms with Crippen LogP contribution in [-0.2, 0) is 19.4 Å². The predicted octanol–water partition coefficient (Wildman–Crippen LogP) is 5.44. The van der Waals surface area contributed by atoms with E-state index in [2.05, 4.69) is 27.7 Å². The zero-order chi connectivity index (χ0) is 15.3. The van der Waals surface area contributed by atoms with Gasteiger partial charge in [-0.2, -0.15) is 0 Å². The maximum atomic E-state index is 9.97. The van der Waals surface area contributed by atoms with Gasteiger partial charge in [0.15, 0.2) is 0 Å². The van der Waals surface area contributed by atoms with Gasteiger partial charge in [-0.25, -0.2) is 0 Å². The second kappa shape index (κ2) is 5.38. The van der Waals surface area contributed by atoms with Crippen molar-refractivity contribution in [1.82, 2.24) is 0 Å². The Morgan fingerprint density at radius 1 is 1.05 bits per heavy atom. The number of hydrogen-bond donors (Lipinski definition) is 1. The summed E-state index contributed by atoms with van der Waals surface area (Å²) >= 11 is 2.03. The van der Waals surface area contributed by atoms with E-state index in [9.17, 15) is 5.11 Å². The van der Waals surface area contributed by atoms with Gasteiger partial charge in [0.2, 0.25) is 0 Å². The number of aliphatic hydroxyl groups is 1. The second-order valence-corrected chi connectivity index (χ2v) is 9.92. The predicted molar refractivity (Wildman–Crippen MR) is 91.0 cm³/mol. The van der Waals surface area contributed by atoms with E-state index in [4.69, 9.17) is 0 Å². The van der Waals surface area contributed by atoms with Gasteiger partial charge in [-0.3, -0.25) is 0 Å². The highest BCUT2D eigenvalue weighted by atomic mass is 32.1. The molecule has 0 atom stereocenters. The molecule has 2 aliphatic carbocycles. The molecule has 3 rings (SSSR count). The summed E-state index contributed by atoms with van der Waals surface area (Å²) in [5.41, 5.74) is 3.75. The molecule has 1 fully saturated rings. The molecular weight excluding hydrogens is 276 g/mol. The lowest BCUT2D eigenvalue weighted by molar-refractivity contribution is 0.223. The van der Waals surface area contributed by atoms with Crippen molar-refractivity contribution in [2.45, 2.75) is 85.2 Å². The highest BCUT2D eigenvalue weighted by molar-refractivity contribution is 7.12. The minimum absolute atomic E-state index is 0.247. The van der Waals surface area contributed by atoms with Crippen LogP contribution in [0.25, 0.3) is 0 Å². The molecule has 0 bridgehead atoms. The van der Waals surface area contributed by atoms with Gasteiger partial charge in [0.25, 0.3) is 0 Å². The van der Waals surface area contributed by atoms with Gasteiger partial charge >= 0.3 is 0 Å². The molecule has 2 aliphatic rings. The van der Waals surface area contributed by atoms with E-state index in [1.54, 1.807) is 4.88 Å². The standard InChI is InChI=1S/C19H30OS/c1-18(2)8-5-13(6-9-18)17-15(12-20)14-11-19(3,4)10-7-16(14)21-17/h13,20H,5-12H2,1-4H3. The highest BCUT2D eigenvalue weighted by Crippen LogP contribution is 2.49. The van der Waals surface area contributed by atoms with Crippen LogP contribution >= 0.6 is 11.3 Å². The third-order valence-electron chi connectivity index (χ3n) is 5.78. The summed E-state index contributed by atoms with van der Waals surface area (Å²) in [6.45, 7) is 9.79. The Hall–Kier alpha value is -0.340. The zero-order valence-electron chi connectivity index (χ0n) is 14.1. The average molecular weight is 307 g/mol. The summed E-state index contributed by atoms with van der Waals surface area (Å²) in [4.78, 5) is 3.12. The summed E-state index contributed by atoms with van der Waals surface area (Å²) < 4.78 is 0. The Kier molecular flexibility index (Phi) is 3.99. The lowest BCUT2D eigenvalue weighted by atomic mass is 9.71. The summed E-state index contributed by atoms with van der Waals surface area (Å²) in [5.74, 6) is 0.707. The first-order valence-electron chi connectivity index (χ1n) is 8.55. The molecule has 1 saturated carbocycles. The Morgan fingerprint density at radius 3 is 2.33 bits per heavy atom. The number of aryl methyl sites for hydroxylation is 1. The molecule has 0 unspecified atom stereocenters. The lowest BCUT2D eigenvalue weighted by Gasteiger charge is -2.34. The van der Waals surface area contributed by atoms with E-state index in [-0.39, 0.29) is 6.61 Å². The second-order valence-electron chi connectivity index (χ2n) is 8.78. The average Bonchev–Trinajstić information content (AvgIpc) is 2.75. The zero-order valence-corrected chi connectivity index (χ0v) is 14.9. The van der Waals surface area contributed by atoms with Crippen molar-refractivity contribution >= 4 is 11.3 Å². The maximum absolute atomic E-state index is 9.97. The third kappa shape index (κ3) is 3.07. The molecule has 0 saturated heterocycles. The largest absolute Gasteiger partial charge is 0.392 e. The number of rotatable bonds is 2. The first kappa shape index (κ1) is 15.6. The van der Waals surface area contributed by atoms with Gasteiger partial charge in [0, 0.05) is 9.75 Å². The molecule has 1 aromatic rings. The Bertz CT molecular complexity index is 514. The van der Waals surface area contributed by atoms with Crippen molar-refractivity contribution < 1.29 is 5.11 Å². The van der Waals surface area contributed by atoms with Gasteiger partial charge in [-0.15, -0.1) is 11.3 Å². The topological polar surface area (TPSA) is 20.2 Å². The van der Waals surface area contributed by atoms with Gasteiger partial charge in [-0.05, 0) is 72.8 Å². The first-order chi connectivity index (χ1) is 9.81. The minimum Gasteiger partial charge on any atom is -0.392 e. The van der Waals surface area contributed by atoms with Crippen LogP contribution in [-0.4, -0.2) is 5.11 Å². The Balaban J connectivity index is 1.89. The van der Waals surface area contributed by atoms with E-state index in [1.165, 1.54) is 54.5 Å². The minimum atomic E-state index is 0.247. The number of aliphatic hydroxyl groups excluding tert-OH is 1. The molecule has 118 valence electrons. The monoisotopic (exact) mass is 306 g/mol. The summed E-state index contributed by atoms with van der Waals surface area (Å²) in [6, 6.07) is 0. The van der Waals surface area contributed by atoms with Crippen LogP contribution in [0.3, 0.4) is 0 Å². The molecule has 2 heteroatoms. The van der Waals surface area contributed by atoms with Crippen molar-refractivity contribution in [3.63, 3.8) is 0 Å². The third-order valence-corrected chi connectivity index (χ3v) is 7.28. The molecule has 21 heavy (non-hydrogen) atoms. The van der Waals surface area contributed by atoms with Crippen molar-refractivity contribution in [3.8, 4) is 0 Å². The summed E-state index contributed by atoms with van der Waals surface area (Å²) in [5, 5.41) is 9.97. The quantitative estimate of drug-likeness (QED) is 0.771. The van der Waals surface area contributed by atoms with Crippen LogP contribution in [0.2, 0.25) is 0 Å². The molecule has 0 radical (unpaired) electrons. The van der Waals surface area contributed by atoms with E-state index in [0.717, 1.165) is 6.42 Å². The lowest BCUT2D eigenvalue weighted by Crippen LogP contribution is -2.22. The van der Waals surface area contributed by atoms with E-state index >= 15 is 0 Å². The maximum Gasteiger partial charge on any atom is 0.0695 e. The van der Waals surface area contributed by atoms with Crippen molar-refractivity contribution in [3.05, 3.63) is 20.9 Å². The first-order valence-corrected chi connectivity index (χ1v) is 9.37. The van der Waals surface area contributed by atoms with Gasteiger partial charge < -0.3 is 5.11 Å². The number of fused-ring (bicyclic) bond motifs is 1. The van der Waals surface area contributed by atoms with Crippen molar-refractivity contribution in [1.29, 1.82) is 0 Å². The molecule has 1 heterocycles. The van der Waals surface area contributed by atoms with Crippen LogP contribution in [0.15, 0.2) is 0 Å². The summed E-state index contributed by atoms with van der Waals surface area (Å²) in [7, 11) is 0. The van der Waals surface area contributed by atoms with E-state index in [1.807, 2.05) is 11.3 Å². The van der Waals surface area contributed by atoms with Crippen LogP contribution in [0.1, 0.15) is 86.6 Å². The molecule has 0 amide bonds. The smallest absolute Gasteiger partial charge is 0.0695 e. The molecular formula is C19H30OS. The SMILES string of the molecule is CC1(C)CCC(c2sc3c(c2CO)CC(C)(C)CC3)CC1. The van der Waals surface area contributed by atoms with E-state index in [0.29, 0.717) is 16.7 Å². The molecule has 0 aliphatic heterocycles.